The van der Waals surface area contributed by atoms with Gasteiger partial charge in [-0.3, -0.25) is 9.59 Å². The van der Waals surface area contributed by atoms with Crippen LogP contribution in [0, 0.1) is 0 Å². The number of methoxy groups -OCH3 is 2. The highest BCUT2D eigenvalue weighted by molar-refractivity contribution is 5.97. The molecule has 6 heteroatoms. The molecule has 1 heterocycles. The lowest BCUT2D eigenvalue weighted by Gasteiger charge is -2.35. The Labute approximate surface area is 188 Å². The smallest absolute Gasteiger partial charge is 0.253 e. The molecule has 3 aromatic carbocycles. The maximum Gasteiger partial charge on any atom is 0.253 e. The largest absolute Gasteiger partial charge is 0.497 e. The molecule has 0 unspecified atom stereocenters. The maximum atomic E-state index is 13.1. The average Bonchev–Trinajstić information content (AvgIpc) is 2.88. The molecule has 0 aromatic heterocycles. The molecule has 164 valence electrons. The van der Waals surface area contributed by atoms with Crippen LogP contribution in [0.15, 0.2) is 72.8 Å². The van der Waals surface area contributed by atoms with Crippen LogP contribution in [0.3, 0.4) is 0 Å². The first kappa shape index (κ1) is 21.4. The molecular weight excluding hydrogens is 404 g/mol. The number of benzene rings is 3. The molecule has 0 radical (unpaired) electrons. The van der Waals surface area contributed by atoms with Crippen LogP contribution in [0.5, 0.6) is 11.5 Å². The minimum Gasteiger partial charge on any atom is -0.497 e. The number of para-hydroxylation sites is 1. The molecular formula is C26H26N2O4. The van der Waals surface area contributed by atoms with E-state index < -0.39 is 0 Å². The third-order valence-corrected chi connectivity index (χ3v) is 5.72. The monoisotopic (exact) mass is 430 g/mol. The van der Waals surface area contributed by atoms with Gasteiger partial charge in [-0.15, -0.1) is 0 Å². The Balaban J connectivity index is 1.43. The molecule has 32 heavy (non-hydrogen) atoms. The number of amides is 2. The second kappa shape index (κ2) is 9.56. The van der Waals surface area contributed by atoms with E-state index in [9.17, 15) is 9.59 Å². The first-order valence-electron chi connectivity index (χ1n) is 10.6. The average molecular weight is 431 g/mol. The van der Waals surface area contributed by atoms with E-state index in [2.05, 4.69) is 0 Å². The Morgan fingerprint density at radius 2 is 1.31 bits per heavy atom. The van der Waals surface area contributed by atoms with E-state index in [1.54, 1.807) is 48.3 Å². The molecule has 1 saturated heterocycles. The van der Waals surface area contributed by atoms with Crippen molar-refractivity contribution in [3.8, 4) is 22.6 Å². The fourth-order valence-corrected chi connectivity index (χ4v) is 3.91. The van der Waals surface area contributed by atoms with Gasteiger partial charge in [0.1, 0.15) is 11.5 Å². The molecule has 3 aromatic rings. The predicted molar refractivity (Wildman–Crippen MR) is 123 cm³/mol. The number of hydrogen-bond donors (Lipinski definition) is 0. The number of hydrogen-bond acceptors (Lipinski definition) is 4. The minimum absolute atomic E-state index is 0.0294. The van der Waals surface area contributed by atoms with Crippen LogP contribution in [0.4, 0.5) is 0 Å². The lowest BCUT2D eigenvalue weighted by atomic mass is 10.0. The normalized spacial score (nSPS) is 13.6. The summed E-state index contributed by atoms with van der Waals surface area (Å²) in [6.07, 6.45) is 0. The van der Waals surface area contributed by atoms with Crippen molar-refractivity contribution < 1.29 is 19.1 Å². The Kier molecular flexibility index (Phi) is 6.40. The highest BCUT2D eigenvalue weighted by Crippen LogP contribution is 2.30. The standard InChI is InChI=1S/C26H26N2O4/c1-31-22-12-10-19(11-13-22)25(29)27-14-16-28(17-15-27)26(30)21-7-5-6-20(18-21)23-8-3-4-9-24(23)32-2/h3-13,18H,14-17H2,1-2H3. The Morgan fingerprint density at radius 1 is 0.688 bits per heavy atom. The van der Waals surface area contributed by atoms with E-state index in [0.717, 1.165) is 16.9 Å². The van der Waals surface area contributed by atoms with Crippen molar-refractivity contribution in [2.75, 3.05) is 40.4 Å². The van der Waals surface area contributed by atoms with Gasteiger partial charge in [0.25, 0.3) is 11.8 Å². The number of carbonyl (C=O) groups is 2. The lowest BCUT2D eigenvalue weighted by Crippen LogP contribution is -2.50. The lowest BCUT2D eigenvalue weighted by molar-refractivity contribution is 0.0535. The first-order valence-corrected chi connectivity index (χ1v) is 10.6. The second-order valence-electron chi connectivity index (χ2n) is 7.59. The van der Waals surface area contributed by atoms with Crippen molar-refractivity contribution in [2.24, 2.45) is 0 Å². The van der Waals surface area contributed by atoms with E-state index in [1.165, 1.54) is 0 Å². The zero-order valence-electron chi connectivity index (χ0n) is 18.3. The summed E-state index contributed by atoms with van der Waals surface area (Å²) in [6.45, 7) is 2.00. The summed E-state index contributed by atoms with van der Waals surface area (Å²) < 4.78 is 10.6. The summed E-state index contributed by atoms with van der Waals surface area (Å²) in [6, 6.07) is 22.4. The molecule has 1 aliphatic rings. The fraction of sp³-hybridized carbons (Fsp3) is 0.231. The van der Waals surface area contributed by atoms with Crippen molar-refractivity contribution in [1.29, 1.82) is 0 Å². The van der Waals surface area contributed by atoms with Crippen LogP contribution in [0.2, 0.25) is 0 Å². The molecule has 2 amide bonds. The van der Waals surface area contributed by atoms with Crippen LogP contribution < -0.4 is 9.47 Å². The highest BCUT2D eigenvalue weighted by atomic mass is 16.5. The van der Waals surface area contributed by atoms with Gasteiger partial charge >= 0.3 is 0 Å². The van der Waals surface area contributed by atoms with Gasteiger partial charge in [-0.05, 0) is 48.0 Å². The van der Waals surface area contributed by atoms with Gasteiger partial charge in [-0.1, -0.05) is 30.3 Å². The van der Waals surface area contributed by atoms with E-state index in [4.69, 9.17) is 9.47 Å². The molecule has 1 aliphatic heterocycles. The summed E-state index contributed by atoms with van der Waals surface area (Å²) in [7, 11) is 3.24. The van der Waals surface area contributed by atoms with Crippen LogP contribution in [-0.4, -0.2) is 62.0 Å². The zero-order chi connectivity index (χ0) is 22.5. The summed E-state index contributed by atoms with van der Waals surface area (Å²) in [5.74, 6) is 1.42. The van der Waals surface area contributed by atoms with Crippen LogP contribution in [0.1, 0.15) is 20.7 Å². The number of ether oxygens (including phenoxy) is 2. The Bertz CT molecular complexity index is 1100. The van der Waals surface area contributed by atoms with Crippen LogP contribution in [0.25, 0.3) is 11.1 Å². The summed E-state index contributed by atoms with van der Waals surface area (Å²) >= 11 is 0. The molecule has 0 saturated carbocycles. The molecule has 0 atom stereocenters. The van der Waals surface area contributed by atoms with Crippen molar-refractivity contribution in [3.05, 3.63) is 83.9 Å². The topological polar surface area (TPSA) is 59.1 Å². The highest BCUT2D eigenvalue weighted by Gasteiger charge is 2.25. The van der Waals surface area contributed by atoms with Crippen LogP contribution in [-0.2, 0) is 0 Å². The van der Waals surface area contributed by atoms with Gasteiger partial charge in [-0.25, -0.2) is 0 Å². The molecule has 0 bridgehead atoms. The Morgan fingerprint density at radius 3 is 1.94 bits per heavy atom. The molecule has 0 N–H and O–H groups in total. The SMILES string of the molecule is COc1ccc(C(=O)N2CCN(C(=O)c3cccc(-c4ccccc4OC)c3)CC2)cc1. The van der Waals surface area contributed by atoms with Gasteiger partial charge in [-0.2, -0.15) is 0 Å². The number of carbonyl (C=O) groups excluding carboxylic acids is 2. The number of piperazine rings is 1. The number of rotatable bonds is 5. The van der Waals surface area contributed by atoms with Gasteiger partial charge in [0.2, 0.25) is 0 Å². The first-order chi connectivity index (χ1) is 15.6. The molecule has 1 fully saturated rings. The van der Waals surface area contributed by atoms with Gasteiger partial charge < -0.3 is 19.3 Å². The van der Waals surface area contributed by atoms with Gasteiger partial charge in [0.05, 0.1) is 14.2 Å². The quantitative estimate of drug-likeness (QED) is 0.615. The molecule has 4 rings (SSSR count). The summed E-state index contributed by atoms with van der Waals surface area (Å²) in [5.41, 5.74) is 3.12. The fourth-order valence-electron chi connectivity index (χ4n) is 3.91. The Hall–Kier alpha value is -3.80. The zero-order valence-corrected chi connectivity index (χ0v) is 18.3. The van der Waals surface area contributed by atoms with Crippen molar-refractivity contribution in [1.82, 2.24) is 9.80 Å². The molecule has 0 spiro atoms. The summed E-state index contributed by atoms with van der Waals surface area (Å²) in [5, 5.41) is 0. The summed E-state index contributed by atoms with van der Waals surface area (Å²) in [4.78, 5) is 29.5. The van der Waals surface area contributed by atoms with Crippen molar-refractivity contribution in [3.63, 3.8) is 0 Å². The van der Waals surface area contributed by atoms with E-state index in [0.29, 0.717) is 43.1 Å². The maximum absolute atomic E-state index is 13.1. The van der Waals surface area contributed by atoms with Gasteiger partial charge in [0, 0.05) is 42.9 Å². The molecule has 6 nitrogen and oxygen atoms in total. The van der Waals surface area contributed by atoms with E-state index in [1.807, 2.05) is 48.5 Å². The van der Waals surface area contributed by atoms with Gasteiger partial charge in [0.15, 0.2) is 0 Å². The second-order valence-corrected chi connectivity index (χ2v) is 7.59. The van der Waals surface area contributed by atoms with Crippen LogP contribution >= 0.6 is 0 Å². The molecule has 0 aliphatic carbocycles. The van der Waals surface area contributed by atoms with Crippen molar-refractivity contribution >= 4 is 11.8 Å². The predicted octanol–water partition coefficient (Wildman–Crippen LogP) is 3.97. The third-order valence-electron chi connectivity index (χ3n) is 5.72. The third kappa shape index (κ3) is 4.44. The number of nitrogens with zero attached hydrogens (tertiary/aromatic N) is 2. The van der Waals surface area contributed by atoms with Crippen molar-refractivity contribution in [2.45, 2.75) is 0 Å². The van der Waals surface area contributed by atoms with E-state index in [-0.39, 0.29) is 11.8 Å². The minimum atomic E-state index is -0.0297. The van der Waals surface area contributed by atoms with E-state index >= 15 is 0 Å².